The zero-order valence-electron chi connectivity index (χ0n) is 14.6. The number of carboxylic acid groups (broad SMARTS) is 1. The number of carbonyl (C=O) groups excluding carboxylic acids is 1. The topological polar surface area (TPSA) is 122 Å². The Morgan fingerprint density at radius 3 is 2.11 bits per heavy atom. The van der Waals surface area contributed by atoms with Crippen LogP contribution in [0.15, 0.2) is 53.4 Å². The van der Waals surface area contributed by atoms with Gasteiger partial charge < -0.3 is 15.2 Å². The molecule has 2 aromatic rings. The summed E-state index contributed by atoms with van der Waals surface area (Å²) in [5.41, 5.74) is 0.773. The molecule has 0 heterocycles. The maximum absolute atomic E-state index is 12.4. The molecule has 0 radical (unpaired) electrons. The number of ether oxygens (including phenoxy) is 1. The molecule has 0 fully saturated rings. The first kappa shape index (κ1) is 20.2. The van der Waals surface area contributed by atoms with Gasteiger partial charge in [-0.2, -0.15) is 0 Å². The van der Waals surface area contributed by atoms with Crippen molar-refractivity contribution in [1.82, 2.24) is 0 Å². The number of aliphatic carboxylic acids is 1. The molecule has 0 atom stereocenters. The number of benzene rings is 2. The van der Waals surface area contributed by atoms with Crippen molar-refractivity contribution in [2.24, 2.45) is 0 Å². The Hall–Kier alpha value is -3.07. The van der Waals surface area contributed by atoms with Gasteiger partial charge in [0, 0.05) is 17.8 Å². The monoisotopic (exact) mass is 392 g/mol. The summed E-state index contributed by atoms with van der Waals surface area (Å²) >= 11 is 0. The van der Waals surface area contributed by atoms with Crippen molar-refractivity contribution >= 4 is 33.3 Å². The number of amides is 1. The molecule has 0 saturated heterocycles. The predicted octanol–water partition coefficient (Wildman–Crippen LogP) is 2.69. The Balaban J connectivity index is 2.01. The lowest BCUT2D eigenvalue weighted by atomic mass is 10.2. The van der Waals surface area contributed by atoms with Crippen LogP contribution in [0.25, 0.3) is 0 Å². The number of sulfonamides is 1. The van der Waals surface area contributed by atoms with E-state index in [0.29, 0.717) is 23.7 Å². The molecular formula is C18H20N2O6S. The highest BCUT2D eigenvalue weighted by atomic mass is 32.2. The second-order valence-corrected chi connectivity index (χ2v) is 7.21. The average molecular weight is 392 g/mol. The van der Waals surface area contributed by atoms with Crippen molar-refractivity contribution in [3.63, 3.8) is 0 Å². The Morgan fingerprint density at radius 2 is 1.56 bits per heavy atom. The van der Waals surface area contributed by atoms with Gasteiger partial charge >= 0.3 is 5.97 Å². The fraction of sp³-hybridized carbons (Fsp3) is 0.222. The molecule has 0 aliphatic rings. The summed E-state index contributed by atoms with van der Waals surface area (Å²) in [6.07, 6.45) is -0.432. The van der Waals surface area contributed by atoms with Crippen molar-refractivity contribution in [1.29, 1.82) is 0 Å². The lowest BCUT2D eigenvalue weighted by Crippen LogP contribution is -2.14. The van der Waals surface area contributed by atoms with Crippen LogP contribution in [-0.4, -0.2) is 32.0 Å². The fourth-order valence-corrected chi connectivity index (χ4v) is 3.22. The minimum atomic E-state index is -3.79. The fourth-order valence-electron chi connectivity index (χ4n) is 2.16. The van der Waals surface area contributed by atoms with E-state index >= 15 is 0 Å². The van der Waals surface area contributed by atoms with E-state index in [-0.39, 0.29) is 17.7 Å². The van der Waals surface area contributed by atoms with E-state index in [2.05, 4.69) is 10.0 Å². The summed E-state index contributed by atoms with van der Waals surface area (Å²) in [6, 6.07) is 12.1. The first-order valence-corrected chi connectivity index (χ1v) is 9.66. The van der Waals surface area contributed by atoms with E-state index < -0.39 is 21.9 Å². The Kier molecular flexibility index (Phi) is 6.78. The highest BCUT2D eigenvalue weighted by Gasteiger charge is 2.14. The van der Waals surface area contributed by atoms with E-state index in [0.717, 1.165) is 0 Å². The summed E-state index contributed by atoms with van der Waals surface area (Å²) in [5.74, 6) is -0.879. The molecule has 144 valence electrons. The van der Waals surface area contributed by atoms with Crippen LogP contribution in [-0.2, 0) is 19.6 Å². The van der Waals surface area contributed by atoms with Gasteiger partial charge in [0.1, 0.15) is 5.75 Å². The van der Waals surface area contributed by atoms with Gasteiger partial charge in [0.15, 0.2) is 0 Å². The molecule has 0 aromatic heterocycles. The van der Waals surface area contributed by atoms with Gasteiger partial charge in [-0.05, 0) is 55.5 Å². The number of nitrogens with one attached hydrogen (secondary N) is 2. The molecule has 0 saturated carbocycles. The number of carboxylic acids is 1. The Labute approximate surface area is 157 Å². The maximum Gasteiger partial charge on any atom is 0.303 e. The minimum Gasteiger partial charge on any atom is -0.494 e. The number of hydrogen-bond donors (Lipinski definition) is 3. The number of carbonyl (C=O) groups is 2. The van der Waals surface area contributed by atoms with Crippen molar-refractivity contribution in [3.05, 3.63) is 48.5 Å². The highest BCUT2D eigenvalue weighted by molar-refractivity contribution is 7.92. The highest BCUT2D eigenvalue weighted by Crippen LogP contribution is 2.21. The van der Waals surface area contributed by atoms with Gasteiger partial charge in [-0.3, -0.25) is 14.3 Å². The molecule has 1 amide bonds. The van der Waals surface area contributed by atoms with Gasteiger partial charge in [0.25, 0.3) is 10.0 Å². The molecule has 0 spiro atoms. The van der Waals surface area contributed by atoms with Crippen LogP contribution in [0, 0.1) is 0 Å². The van der Waals surface area contributed by atoms with Crippen LogP contribution in [0.3, 0.4) is 0 Å². The van der Waals surface area contributed by atoms with Crippen LogP contribution in [0.4, 0.5) is 11.4 Å². The Bertz CT molecular complexity index is 892. The molecule has 0 bridgehead atoms. The molecule has 8 nitrogen and oxygen atoms in total. The average Bonchev–Trinajstić information content (AvgIpc) is 2.62. The molecule has 0 aliphatic carbocycles. The zero-order valence-corrected chi connectivity index (χ0v) is 15.5. The molecular weight excluding hydrogens is 372 g/mol. The third-order valence-electron chi connectivity index (χ3n) is 3.43. The van der Waals surface area contributed by atoms with Gasteiger partial charge in [-0.15, -0.1) is 0 Å². The van der Waals surface area contributed by atoms with Gasteiger partial charge in [0.2, 0.25) is 5.91 Å². The first-order valence-electron chi connectivity index (χ1n) is 8.17. The van der Waals surface area contributed by atoms with Crippen LogP contribution >= 0.6 is 0 Å². The number of rotatable bonds is 9. The second-order valence-electron chi connectivity index (χ2n) is 5.53. The molecule has 2 rings (SSSR count). The standard InChI is InChI=1S/C18H20N2O6S/c1-2-26-15-7-3-14(4-8-15)20-27(24,25)16-9-5-13(6-10-16)19-17(21)11-12-18(22)23/h3-10,20H,2,11-12H2,1H3,(H,19,21)(H,22,23). The lowest BCUT2D eigenvalue weighted by molar-refractivity contribution is -0.138. The molecule has 0 unspecified atom stereocenters. The number of anilines is 2. The predicted molar refractivity (Wildman–Crippen MR) is 100 cm³/mol. The van der Waals surface area contributed by atoms with Crippen LogP contribution in [0.2, 0.25) is 0 Å². The number of hydrogen-bond acceptors (Lipinski definition) is 5. The maximum atomic E-state index is 12.4. The third kappa shape index (κ3) is 6.30. The lowest BCUT2D eigenvalue weighted by Gasteiger charge is -2.10. The Morgan fingerprint density at radius 1 is 0.963 bits per heavy atom. The first-order chi connectivity index (χ1) is 12.8. The van der Waals surface area contributed by atoms with E-state index in [1.54, 1.807) is 24.3 Å². The van der Waals surface area contributed by atoms with E-state index in [1.165, 1.54) is 24.3 Å². The second kappa shape index (κ2) is 9.04. The smallest absolute Gasteiger partial charge is 0.303 e. The van der Waals surface area contributed by atoms with Crippen LogP contribution < -0.4 is 14.8 Å². The largest absolute Gasteiger partial charge is 0.494 e. The minimum absolute atomic E-state index is 0.0277. The van der Waals surface area contributed by atoms with Crippen LogP contribution in [0.5, 0.6) is 5.75 Å². The third-order valence-corrected chi connectivity index (χ3v) is 4.83. The molecule has 27 heavy (non-hydrogen) atoms. The van der Waals surface area contributed by atoms with Gasteiger partial charge in [-0.25, -0.2) is 8.42 Å². The van der Waals surface area contributed by atoms with Crippen LogP contribution in [0.1, 0.15) is 19.8 Å². The van der Waals surface area contributed by atoms with Crippen molar-refractivity contribution in [2.75, 3.05) is 16.6 Å². The zero-order chi connectivity index (χ0) is 19.9. The van der Waals surface area contributed by atoms with Gasteiger partial charge in [-0.1, -0.05) is 0 Å². The van der Waals surface area contributed by atoms with Crippen molar-refractivity contribution in [2.45, 2.75) is 24.7 Å². The van der Waals surface area contributed by atoms with E-state index in [4.69, 9.17) is 9.84 Å². The molecule has 2 aromatic carbocycles. The molecule has 9 heteroatoms. The summed E-state index contributed by atoms with van der Waals surface area (Å²) in [5, 5.41) is 11.1. The van der Waals surface area contributed by atoms with E-state index in [1.807, 2.05) is 6.92 Å². The molecule has 0 aliphatic heterocycles. The summed E-state index contributed by atoms with van der Waals surface area (Å²) in [7, 11) is -3.79. The van der Waals surface area contributed by atoms with Crippen molar-refractivity contribution in [3.8, 4) is 5.75 Å². The summed E-state index contributed by atoms with van der Waals surface area (Å²) < 4.78 is 32.6. The molecule has 3 N–H and O–H groups in total. The SMILES string of the molecule is CCOc1ccc(NS(=O)(=O)c2ccc(NC(=O)CCC(=O)O)cc2)cc1. The summed E-state index contributed by atoms with van der Waals surface area (Å²) in [4.78, 5) is 22.1. The van der Waals surface area contributed by atoms with E-state index in [9.17, 15) is 18.0 Å². The van der Waals surface area contributed by atoms with Gasteiger partial charge in [0.05, 0.1) is 17.9 Å². The van der Waals surface area contributed by atoms with Crippen molar-refractivity contribution < 1.29 is 27.9 Å². The summed E-state index contributed by atoms with van der Waals surface area (Å²) in [6.45, 7) is 2.37. The quantitative estimate of drug-likeness (QED) is 0.603. The normalized spacial score (nSPS) is 10.9.